The highest BCUT2D eigenvalue weighted by molar-refractivity contribution is 6.28. The summed E-state index contributed by atoms with van der Waals surface area (Å²) in [6.07, 6.45) is 1.47. The van der Waals surface area contributed by atoms with Crippen molar-refractivity contribution in [3.8, 4) is 0 Å². The lowest BCUT2D eigenvalue weighted by Gasteiger charge is -1.98. The summed E-state index contributed by atoms with van der Waals surface area (Å²) in [6.45, 7) is 1.24. The second-order valence-corrected chi connectivity index (χ2v) is 3.11. The van der Waals surface area contributed by atoms with Crippen molar-refractivity contribution in [2.24, 2.45) is 0 Å². The monoisotopic (exact) mass is 212 g/mol. The van der Waals surface area contributed by atoms with Crippen LogP contribution in [0.2, 0.25) is 5.22 Å². The Morgan fingerprint density at radius 3 is 3.00 bits per heavy atom. The lowest BCUT2D eigenvalue weighted by Crippen LogP contribution is -2.13. The fraction of sp³-hybridized carbons (Fsp3) is 0.250. The predicted molar refractivity (Wildman–Crippen MR) is 50.6 cm³/mol. The van der Waals surface area contributed by atoms with E-state index in [0.717, 1.165) is 11.6 Å². The van der Waals surface area contributed by atoms with Gasteiger partial charge in [0.25, 0.3) is 0 Å². The van der Waals surface area contributed by atoms with Gasteiger partial charge in [0, 0.05) is 0 Å². The van der Waals surface area contributed by atoms with Crippen LogP contribution < -0.4 is 5.32 Å². The van der Waals surface area contributed by atoms with Crippen molar-refractivity contribution in [3.63, 3.8) is 0 Å². The molecule has 2 aromatic rings. The second-order valence-electron chi connectivity index (χ2n) is 2.74. The Labute approximate surface area is 85.5 Å². The van der Waals surface area contributed by atoms with Crippen LogP contribution in [0.4, 0.5) is 0 Å². The number of aromatic amines is 1. The molecule has 0 aliphatic rings. The summed E-state index contributed by atoms with van der Waals surface area (Å²) in [7, 11) is 0. The lowest BCUT2D eigenvalue weighted by atomic mass is 10.4. The number of halogens is 1. The first-order valence-electron chi connectivity index (χ1n) is 4.14. The molecule has 0 unspecified atom stereocenters. The number of aromatic nitrogens is 3. The van der Waals surface area contributed by atoms with Gasteiger partial charge in [-0.15, -0.1) is 0 Å². The van der Waals surface area contributed by atoms with Crippen LogP contribution in [0.25, 0.3) is 0 Å². The van der Waals surface area contributed by atoms with Crippen molar-refractivity contribution in [2.45, 2.75) is 13.1 Å². The van der Waals surface area contributed by atoms with Crippen LogP contribution >= 0.6 is 11.6 Å². The molecule has 14 heavy (non-hydrogen) atoms. The van der Waals surface area contributed by atoms with Crippen molar-refractivity contribution in [1.82, 2.24) is 20.5 Å². The molecule has 0 aromatic carbocycles. The summed E-state index contributed by atoms with van der Waals surface area (Å²) in [5, 5.41) is 10.0. The van der Waals surface area contributed by atoms with E-state index in [0.29, 0.717) is 18.3 Å². The van der Waals surface area contributed by atoms with Crippen molar-refractivity contribution < 1.29 is 4.42 Å². The van der Waals surface area contributed by atoms with E-state index < -0.39 is 0 Å². The van der Waals surface area contributed by atoms with Gasteiger partial charge in [0.15, 0.2) is 5.22 Å². The summed E-state index contributed by atoms with van der Waals surface area (Å²) in [5.41, 5.74) is 0. The Hall–Kier alpha value is -1.33. The number of furan rings is 1. The summed E-state index contributed by atoms with van der Waals surface area (Å²) < 4.78 is 5.16. The van der Waals surface area contributed by atoms with Gasteiger partial charge in [-0.25, -0.2) is 4.98 Å². The first kappa shape index (κ1) is 9.23. The van der Waals surface area contributed by atoms with Crippen molar-refractivity contribution in [2.75, 3.05) is 0 Å². The van der Waals surface area contributed by atoms with Gasteiger partial charge in [0.1, 0.15) is 17.9 Å². The highest BCUT2D eigenvalue weighted by atomic mass is 35.5. The largest absolute Gasteiger partial charge is 0.448 e. The van der Waals surface area contributed by atoms with Gasteiger partial charge in [0.2, 0.25) is 0 Å². The number of hydrogen-bond acceptors (Lipinski definition) is 4. The normalized spacial score (nSPS) is 10.6. The van der Waals surface area contributed by atoms with Crippen molar-refractivity contribution in [1.29, 1.82) is 0 Å². The first-order chi connectivity index (χ1) is 6.84. The third-order valence-corrected chi connectivity index (χ3v) is 1.89. The maximum atomic E-state index is 5.62. The Kier molecular flexibility index (Phi) is 2.81. The third-order valence-electron chi connectivity index (χ3n) is 1.69. The van der Waals surface area contributed by atoms with Crippen LogP contribution in [0.1, 0.15) is 11.6 Å². The predicted octanol–water partition coefficient (Wildman–Crippen LogP) is 1.34. The molecular formula is C8H9ClN4O. The molecule has 0 atom stereocenters. The van der Waals surface area contributed by atoms with E-state index in [4.69, 9.17) is 16.0 Å². The average molecular weight is 213 g/mol. The summed E-state index contributed by atoms with van der Waals surface area (Å²) in [5.74, 6) is 1.59. The number of nitrogens with zero attached hydrogens (tertiary/aromatic N) is 2. The van der Waals surface area contributed by atoms with E-state index in [-0.39, 0.29) is 0 Å². The number of nitrogens with one attached hydrogen (secondary N) is 2. The van der Waals surface area contributed by atoms with Crippen LogP contribution in [0.3, 0.4) is 0 Å². The molecule has 0 saturated heterocycles. The molecule has 0 aliphatic heterocycles. The van der Waals surface area contributed by atoms with Gasteiger partial charge < -0.3 is 9.73 Å². The van der Waals surface area contributed by atoms with Gasteiger partial charge in [-0.1, -0.05) is 0 Å². The fourth-order valence-electron chi connectivity index (χ4n) is 1.07. The van der Waals surface area contributed by atoms with Gasteiger partial charge in [-0.05, 0) is 23.7 Å². The minimum absolute atomic E-state index is 0.404. The summed E-state index contributed by atoms with van der Waals surface area (Å²) >= 11 is 5.62. The molecule has 0 amide bonds. The summed E-state index contributed by atoms with van der Waals surface area (Å²) in [4.78, 5) is 3.97. The fourth-order valence-corrected chi connectivity index (χ4v) is 1.23. The van der Waals surface area contributed by atoms with Crippen LogP contribution in [-0.2, 0) is 13.1 Å². The van der Waals surface area contributed by atoms with E-state index >= 15 is 0 Å². The standard InChI is InChI=1S/C8H9ClN4O/c9-7-2-1-6(14-7)3-10-4-8-11-5-12-13-8/h1-2,5,10H,3-4H2,(H,11,12,13). The molecule has 5 nitrogen and oxygen atoms in total. The number of H-pyrrole nitrogens is 1. The lowest BCUT2D eigenvalue weighted by molar-refractivity contribution is 0.482. The minimum Gasteiger partial charge on any atom is -0.448 e. The van der Waals surface area contributed by atoms with Crippen LogP contribution in [0, 0.1) is 0 Å². The second kappa shape index (κ2) is 4.26. The topological polar surface area (TPSA) is 66.7 Å². The maximum absolute atomic E-state index is 5.62. The maximum Gasteiger partial charge on any atom is 0.193 e. The van der Waals surface area contributed by atoms with Gasteiger partial charge in [-0.2, -0.15) is 5.10 Å². The molecule has 2 rings (SSSR count). The SMILES string of the molecule is Clc1ccc(CNCc2ncn[nH]2)o1. The molecule has 0 bridgehead atoms. The zero-order chi connectivity index (χ0) is 9.80. The van der Waals surface area contributed by atoms with Gasteiger partial charge in [-0.3, -0.25) is 5.10 Å². The van der Waals surface area contributed by atoms with E-state index in [2.05, 4.69) is 20.5 Å². The van der Waals surface area contributed by atoms with Crippen LogP contribution in [-0.4, -0.2) is 15.2 Å². The molecule has 0 spiro atoms. The van der Waals surface area contributed by atoms with Crippen molar-refractivity contribution >= 4 is 11.6 Å². The molecular weight excluding hydrogens is 204 g/mol. The Balaban J connectivity index is 1.78. The van der Waals surface area contributed by atoms with Crippen LogP contribution in [0.15, 0.2) is 22.9 Å². The molecule has 0 fully saturated rings. The molecule has 6 heteroatoms. The zero-order valence-corrected chi connectivity index (χ0v) is 8.08. The van der Waals surface area contributed by atoms with E-state index in [9.17, 15) is 0 Å². The third kappa shape index (κ3) is 2.34. The zero-order valence-electron chi connectivity index (χ0n) is 7.33. The van der Waals surface area contributed by atoms with E-state index in [1.54, 1.807) is 6.07 Å². The van der Waals surface area contributed by atoms with E-state index in [1.165, 1.54) is 6.33 Å². The molecule has 74 valence electrons. The molecule has 0 radical (unpaired) electrons. The average Bonchev–Trinajstić information content (AvgIpc) is 2.77. The highest BCUT2D eigenvalue weighted by Gasteiger charge is 1.99. The first-order valence-corrected chi connectivity index (χ1v) is 4.51. The van der Waals surface area contributed by atoms with Crippen LogP contribution in [0.5, 0.6) is 0 Å². The number of rotatable bonds is 4. The quantitative estimate of drug-likeness (QED) is 0.803. The molecule has 0 aliphatic carbocycles. The Morgan fingerprint density at radius 2 is 2.36 bits per heavy atom. The van der Waals surface area contributed by atoms with Gasteiger partial charge >= 0.3 is 0 Å². The smallest absolute Gasteiger partial charge is 0.193 e. The molecule has 2 heterocycles. The number of hydrogen-bond donors (Lipinski definition) is 2. The summed E-state index contributed by atoms with van der Waals surface area (Å²) in [6, 6.07) is 3.54. The Morgan fingerprint density at radius 1 is 1.43 bits per heavy atom. The minimum atomic E-state index is 0.404. The Bertz CT molecular complexity index is 384. The molecule has 0 saturated carbocycles. The molecule has 2 N–H and O–H groups in total. The van der Waals surface area contributed by atoms with Gasteiger partial charge in [0.05, 0.1) is 13.1 Å². The highest BCUT2D eigenvalue weighted by Crippen LogP contribution is 2.12. The van der Waals surface area contributed by atoms with E-state index in [1.807, 2.05) is 6.07 Å². The van der Waals surface area contributed by atoms with Crippen molar-refractivity contribution in [3.05, 3.63) is 35.3 Å². The molecule has 2 aromatic heterocycles.